The summed E-state index contributed by atoms with van der Waals surface area (Å²) in [6.45, 7) is 1.80. The molecule has 1 aromatic rings. The minimum atomic E-state index is -0.734. The molecule has 0 radical (unpaired) electrons. The third kappa shape index (κ3) is 3.04. The Balaban J connectivity index is 1.81. The average Bonchev–Trinajstić information content (AvgIpc) is 2.83. The van der Waals surface area contributed by atoms with Crippen molar-refractivity contribution in [3.63, 3.8) is 0 Å². The van der Waals surface area contributed by atoms with Crippen LogP contribution in [0.3, 0.4) is 0 Å². The van der Waals surface area contributed by atoms with Crippen LogP contribution in [0.4, 0.5) is 0 Å². The van der Waals surface area contributed by atoms with Gasteiger partial charge in [-0.25, -0.2) is 5.48 Å². The van der Waals surface area contributed by atoms with Crippen LogP contribution in [-0.2, 0) is 19.2 Å². The minimum absolute atomic E-state index is 0.276. The van der Waals surface area contributed by atoms with Crippen molar-refractivity contribution in [3.05, 3.63) is 30.1 Å². The van der Waals surface area contributed by atoms with Gasteiger partial charge in [0.25, 0.3) is 5.91 Å². The largest absolute Gasteiger partial charge is 0.452 e. The molecule has 0 saturated carbocycles. The molecule has 96 valence electrons. The maximum Gasteiger partial charge on any atom is 0.306 e. The molecule has 18 heavy (non-hydrogen) atoms. The molecule has 6 heteroatoms. The summed E-state index contributed by atoms with van der Waals surface area (Å²) in [5.74, 6) is -0.779. The zero-order chi connectivity index (χ0) is 13.0. The summed E-state index contributed by atoms with van der Waals surface area (Å²) >= 11 is 0. The highest BCUT2D eigenvalue weighted by Crippen LogP contribution is 2.16. The number of hydroxylamine groups is 1. The van der Waals surface area contributed by atoms with Crippen LogP contribution in [-0.4, -0.2) is 23.0 Å². The second-order valence-corrected chi connectivity index (χ2v) is 4.02. The first kappa shape index (κ1) is 12.5. The Morgan fingerprint density at radius 3 is 2.89 bits per heavy atom. The normalized spacial score (nSPS) is 20.3. The van der Waals surface area contributed by atoms with Gasteiger partial charge in [-0.2, -0.15) is 0 Å². The topological polar surface area (TPSA) is 77.5 Å². The Kier molecular flexibility index (Phi) is 3.88. The van der Waals surface area contributed by atoms with Crippen molar-refractivity contribution in [2.75, 3.05) is 0 Å². The van der Waals surface area contributed by atoms with E-state index in [1.54, 1.807) is 31.5 Å². The summed E-state index contributed by atoms with van der Waals surface area (Å²) in [5.41, 5.74) is 3.20. The van der Waals surface area contributed by atoms with Gasteiger partial charge in [-0.1, -0.05) is 0 Å². The van der Waals surface area contributed by atoms with Gasteiger partial charge in [-0.15, -0.1) is 0 Å². The van der Waals surface area contributed by atoms with Crippen LogP contribution in [0.1, 0.15) is 31.4 Å². The summed E-state index contributed by atoms with van der Waals surface area (Å²) in [4.78, 5) is 31.6. The standard InChI is InChI=1S/C12H14N2O4/c1-8(9-4-6-13-7-5-9)18-14-12(16)10-2-3-11(15)17-10/h4-8,10H,2-3H2,1H3,(H,14,16)/t8-,10-/m0/s1. The number of rotatable bonds is 4. The minimum Gasteiger partial charge on any atom is -0.452 e. The zero-order valence-corrected chi connectivity index (χ0v) is 9.96. The van der Waals surface area contributed by atoms with Crippen molar-refractivity contribution in [1.82, 2.24) is 10.5 Å². The van der Waals surface area contributed by atoms with Crippen LogP contribution in [0.25, 0.3) is 0 Å². The van der Waals surface area contributed by atoms with Gasteiger partial charge >= 0.3 is 5.97 Å². The van der Waals surface area contributed by atoms with E-state index in [9.17, 15) is 9.59 Å². The Morgan fingerprint density at radius 1 is 1.56 bits per heavy atom. The van der Waals surface area contributed by atoms with Crippen molar-refractivity contribution >= 4 is 11.9 Å². The van der Waals surface area contributed by atoms with Crippen molar-refractivity contribution < 1.29 is 19.2 Å². The molecular formula is C12H14N2O4. The van der Waals surface area contributed by atoms with E-state index >= 15 is 0 Å². The molecule has 0 spiro atoms. The van der Waals surface area contributed by atoms with Gasteiger partial charge in [0.1, 0.15) is 6.10 Å². The Labute approximate surface area is 104 Å². The number of pyridine rings is 1. The number of hydrogen-bond donors (Lipinski definition) is 1. The maximum absolute atomic E-state index is 11.6. The first-order chi connectivity index (χ1) is 8.66. The monoisotopic (exact) mass is 250 g/mol. The summed E-state index contributed by atoms with van der Waals surface area (Å²) in [7, 11) is 0. The number of carbonyl (C=O) groups is 2. The van der Waals surface area contributed by atoms with Crippen LogP contribution < -0.4 is 5.48 Å². The highest BCUT2D eigenvalue weighted by molar-refractivity contribution is 5.85. The SMILES string of the molecule is C[C@H](ONC(=O)[C@@H]1CCC(=O)O1)c1ccncc1. The maximum atomic E-state index is 11.6. The molecule has 1 aromatic heterocycles. The Hall–Kier alpha value is -1.95. The fourth-order valence-corrected chi connectivity index (χ4v) is 1.62. The molecule has 0 aromatic carbocycles. The summed E-state index contributed by atoms with van der Waals surface area (Å²) in [5, 5.41) is 0. The first-order valence-corrected chi connectivity index (χ1v) is 5.71. The molecule has 1 saturated heterocycles. The Morgan fingerprint density at radius 2 is 2.28 bits per heavy atom. The molecule has 0 unspecified atom stereocenters. The van der Waals surface area contributed by atoms with Crippen LogP contribution >= 0.6 is 0 Å². The highest BCUT2D eigenvalue weighted by atomic mass is 16.7. The summed E-state index contributed by atoms with van der Waals surface area (Å²) < 4.78 is 4.82. The molecule has 0 bridgehead atoms. The summed E-state index contributed by atoms with van der Waals surface area (Å²) in [6.07, 6.45) is 2.94. The van der Waals surface area contributed by atoms with E-state index in [2.05, 4.69) is 10.5 Å². The number of cyclic esters (lactones) is 1. The van der Waals surface area contributed by atoms with Gasteiger partial charge in [0, 0.05) is 25.2 Å². The van der Waals surface area contributed by atoms with Crippen molar-refractivity contribution in [1.29, 1.82) is 0 Å². The second kappa shape index (κ2) is 5.59. The Bertz CT molecular complexity index is 435. The van der Waals surface area contributed by atoms with E-state index in [4.69, 9.17) is 9.57 Å². The van der Waals surface area contributed by atoms with Crippen molar-refractivity contribution in [3.8, 4) is 0 Å². The van der Waals surface area contributed by atoms with E-state index in [-0.39, 0.29) is 18.5 Å². The van der Waals surface area contributed by atoms with E-state index in [0.717, 1.165) is 5.56 Å². The predicted molar refractivity (Wildman–Crippen MR) is 61.0 cm³/mol. The number of esters is 1. The number of hydrogen-bond acceptors (Lipinski definition) is 5. The van der Waals surface area contributed by atoms with E-state index in [1.165, 1.54) is 0 Å². The van der Waals surface area contributed by atoms with Crippen molar-refractivity contribution in [2.45, 2.75) is 32.0 Å². The first-order valence-electron chi connectivity index (χ1n) is 5.71. The van der Waals surface area contributed by atoms with E-state index in [1.807, 2.05) is 0 Å². The van der Waals surface area contributed by atoms with Crippen LogP contribution in [0.2, 0.25) is 0 Å². The lowest BCUT2D eigenvalue weighted by Crippen LogP contribution is -2.35. The molecule has 1 amide bonds. The van der Waals surface area contributed by atoms with Crippen LogP contribution in [0, 0.1) is 0 Å². The second-order valence-electron chi connectivity index (χ2n) is 4.02. The lowest BCUT2D eigenvalue weighted by Gasteiger charge is -2.15. The highest BCUT2D eigenvalue weighted by Gasteiger charge is 2.30. The van der Waals surface area contributed by atoms with Crippen LogP contribution in [0.15, 0.2) is 24.5 Å². The van der Waals surface area contributed by atoms with Gasteiger partial charge in [0.15, 0.2) is 6.10 Å². The number of aromatic nitrogens is 1. The molecule has 0 aliphatic carbocycles. The van der Waals surface area contributed by atoms with Crippen molar-refractivity contribution in [2.24, 2.45) is 0 Å². The summed E-state index contributed by atoms with van der Waals surface area (Å²) in [6, 6.07) is 3.60. The lowest BCUT2D eigenvalue weighted by molar-refractivity contribution is -0.156. The number of carbonyl (C=O) groups excluding carboxylic acids is 2. The lowest BCUT2D eigenvalue weighted by atomic mass is 10.2. The molecule has 6 nitrogen and oxygen atoms in total. The van der Waals surface area contributed by atoms with Crippen LogP contribution in [0.5, 0.6) is 0 Å². The molecule has 1 N–H and O–H groups in total. The average molecular weight is 250 g/mol. The van der Waals surface area contributed by atoms with E-state index in [0.29, 0.717) is 6.42 Å². The molecule has 2 rings (SSSR count). The predicted octanol–water partition coefficient (Wildman–Crippen LogP) is 0.896. The number of nitrogens with one attached hydrogen (secondary N) is 1. The molecule has 1 fully saturated rings. The molecule has 1 aliphatic rings. The van der Waals surface area contributed by atoms with Gasteiger partial charge < -0.3 is 4.74 Å². The molecule has 2 heterocycles. The fourth-order valence-electron chi connectivity index (χ4n) is 1.62. The zero-order valence-electron chi connectivity index (χ0n) is 9.96. The fraction of sp³-hybridized carbons (Fsp3) is 0.417. The van der Waals surface area contributed by atoms with Gasteiger partial charge in [0.2, 0.25) is 0 Å². The number of ether oxygens (including phenoxy) is 1. The van der Waals surface area contributed by atoms with E-state index < -0.39 is 12.0 Å². The van der Waals surface area contributed by atoms with Gasteiger partial charge in [-0.3, -0.25) is 19.4 Å². The number of nitrogens with zero attached hydrogens (tertiary/aromatic N) is 1. The number of amides is 1. The third-order valence-corrected chi connectivity index (χ3v) is 2.69. The van der Waals surface area contributed by atoms with Gasteiger partial charge in [-0.05, 0) is 24.6 Å². The smallest absolute Gasteiger partial charge is 0.306 e. The van der Waals surface area contributed by atoms with Gasteiger partial charge in [0.05, 0.1) is 0 Å². The third-order valence-electron chi connectivity index (χ3n) is 2.69. The molecule has 1 aliphatic heterocycles. The quantitative estimate of drug-likeness (QED) is 0.634. The molecule has 2 atom stereocenters. The molecular weight excluding hydrogens is 236 g/mol.